The third kappa shape index (κ3) is 5.36. The van der Waals surface area contributed by atoms with Crippen molar-refractivity contribution < 1.29 is 19.2 Å². The van der Waals surface area contributed by atoms with Gasteiger partial charge in [-0.1, -0.05) is 0 Å². The number of carbonyl (C=O) groups excluding carboxylic acids is 2. The Morgan fingerprint density at radius 3 is 2.29 bits per heavy atom. The molecule has 0 bridgehead atoms. The predicted octanol–water partition coefficient (Wildman–Crippen LogP) is 0.868. The lowest BCUT2D eigenvalue weighted by atomic mass is 9.95. The highest BCUT2D eigenvalue weighted by Crippen LogP contribution is 2.14. The lowest BCUT2D eigenvalue weighted by Crippen LogP contribution is -2.46. The highest BCUT2D eigenvalue weighted by molar-refractivity contribution is 6.03. The minimum Gasteiger partial charge on any atom is -0.452 e. The Bertz CT molecular complexity index is 420. The predicted molar refractivity (Wildman–Crippen MR) is 76.5 cm³/mol. The number of nitrogens with one attached hydrogen (secondary N) is 1. The lowest BCUT2D eigenvalue weighted by Gasteiger charge is -2.25. The van der Waals surface area contributed by atoms with E-state index in [4.69, 9.17) is 0 Å². The Labute approximate surface area is 123 Å². The maximum absolute atomic E-state index is 12.4. The van der Waals surface area contributed by atoms with Crippen molar-refractivity contribution in [3.8, 4) is 0 Å². The molecule has 0 aromatic heterocycles. The van der Waals surface area contributed by atoms with Crippen LogP contribution in [0.4, 0.5) is 4.79 Å². The van der Waals surface area contributed by atoms with Gasteiger partial charge >= 0.3 is 6.09 Å². The molecule has 9 heteroatoms. The van der Waals surface area contributed by atoms with Crippen LogP contribution in [0.25, 0.3) is 0 Å². The summed E-state index contributed by atoms with van der Waals surface area (Å²) in [6, 6.07) is -1.15. The quantitative estimate of drug-likeness (QED) is 0.425. The third-order valence-corrected chi connectivity index (χ3v) is 3.12. The molecule has 2 unspecified atom stereocenters. The van der Waals surface area contributed by atoms with Crippen LogP contribution in [0, 0.1) is 16.0 Å². The first-order chi connectivity index (χ1) is 9.79. The van der Waals surface area contributed by atoms with E-state index in [2.05, 4.69) is 15.3 Å². The maximum atomic E-state index is 12.4. The first-order valence-electron chi connectivity index (χ1n) is 6.60. The van der Waals surface area contributed by atoms with Gasteiger partial charge < -0.3 is 9.64 Å². The van der Waals surface area contributed by atoms with Crippen molar-refractivity contribution in [2.24, 2.45) is 11.0 Å². The van der Waals surface area contributed by atoms with E-state index < -0.39 is 28.9 Å². The fraction of sp³-hybridized carbons (Fsp3) is 0.750. The van der Waals surface area contributed by atoms with Crippen LogP contribution < -0.4 is 5.43 Å². The molecule has 1 N–H and O–H groups in total. The van der Waals surface area contributed by atoms with Crippen LogP contribution in [0.15, 0.2) is 5.10 Å². The van der Waals surface area contributed by atoms with Gasteiger partial charge in [0, 0.05) is 24.9 Å². The molecular weight excluding hydrogens is 280 g/mol. The van der Waals surface area contributed by atoms with Gasteiger partial charge in [0.1, 0.15) is 5.92 Å². The van der Waals surface area contributed by atoms with Crippen LogP contribution in [0.1, 0.15) is 27.7 Å². The molecule has 0 aromatic carbocycles. The van der Waals surface area contributed by atoms with Crippen LogP contribution in [0.5, 0.6) is 0 Å². The van der Waals surface area contributed by atoms with Crippen molar-refractivity contribution in [3.63, 3.8) is 0 Å². The topological polar surface area (TPSA) is 114 Å². The monoisotopic (exact) mass is 302 g/mol. The van der Waals surface area contributed by atoms with E-state index in [1.165, 1.54) is 25.9 Å². The number of hydrogen-bond acceptors (Lipinski definition) is 6. The van der Waals surface area contributed by atoms with Crippen molar-refractivity contribution >= 4 is 17.7 Å². The van der Waals surface area contributed by atoms with Crippen molar-refractivity contribution in [1.82, 2.24) is 10.3 Å². The van der Waals surface area contributed by atoms with Crippen molar-refractivity contribution in [2.45, 2.75) is 33.7 Å². The van der Waals surface area contributed by atoms with Crippen LogP contribution in [0.3, 0.4) is 0 Å². The first-order valence-corrected chi connectivity index (χ1v) is 6.60. The Kier molecular flexibility index (Phi) is 7.95. The van der Waals surface area contributed by atoms with E-state index in [1.807, 2.05) is 0 Å². The van der Waals surface area contributed by atoms with Gasteiger partial charge in [0.15, 0.2) is 0 Å². The number of rotatable bonds is 7. The molecule has 0 aromatic rings. The molecule has 0 radical (unpaired) electrons. The van der Waals surface area contributed by atoms with Gasteiger partial charge in [0.2, 0.25) is 11.9 Å². The smallest absolute Gasteiger partial charge is 0.427 e. The first kappa shape index (κ1) is 18.8. The van der Waals surface area contributed by atoms with Gasteiger partial charge in [0.05, 0.1) is 12.8 Å². The summed E-state index contributed by atoms with van der Waals surface area (Å²) in [7, 11) is 1.17. The molecule has 0 saturated heterocycles. The summed E-state index contributed by atoms with van der Waals surface area (Å²) in [5.41, 5.74) is 2.22. The van der Waals surface area contributed by atoms with E-state index in [1.54, 1.807) is 13.8 Å². The Morgan fingerprint density at radius 1 is 1.38 bits per heavy atom. The number of nitrogens with zero attached hydrogens (tertiary/aromatic N) is 3. The molecule has 0 aliphatic carbocycles. The van der Waals surface area contributed by atoms with Crippen molar-refractivity contribution in [2.75, 3.05) is 20.2 Å². The Hall–Kier alpha value is -2.19. The van der Waals surface area contributed by atoms with Gasteiger partial charge in [-0.15, -0.1) is 0 Å². The van der Waals surface area contributed by atoms with E-state index in [0.29, 0.717) is 13.1 Å². The van der Waals surface area contributed by atoms with E-state index in [0.717, 1.165) is 0 Å². The maximum Gasteiger partial charge on any atom is 0.427 e. The molecule has 0 spiro atoms. The molecule has 0 heterocycles. The summed E-state index contributed by atoms with van der Waals surface area (Å²) in [5.74, 6) is -1.44. The molecular formula is C12H22N4O5. The minimum atomic E-state index is -1.15. The highest BCUT2D eigenvalue weighted by atomic mass is 16.6. The summed E-state index contributed by atoms with van der Waals surface area (Å²) in [6.07, 6.45) is -0.808. The summed E-state index contributed by atoms with van der Waals surface area (Å²) in [6.45, 7) is 7.25. The molecule has 2 atom stereocenters. The molecule has 2 amide bonds. The fourth-order valence-corrected chi connectivity index (χ4v) is 1.84. The number of methoxy groups -OCH3 is 1. The number of amides is 2. The molecule has 0 aliphatic rings. The summed E-state index contributed by atoms with van der Waals surface area (Å²) < 4.78 is 4.35. The van der Waals surface area contributed by atoms with E-state index in [9.17, 15) is 19.7 Å². The van der Waals surface area contributed by atoms with Crippen LogP contribution in [-0.4, -0.2) is 53.8 Å². The molecule has 120 valence electrons. The number of hydrogen-bond donors (Lipinski definition) is 1. The fourth-order valence-electron chi connectivity index (χ4n) is 1.84. The van der Waals surface area contributed by atoms with Gasteiger partial charge in [-0.05, 0) is 20.8 Å². The highest BCUT2D eigenvalue weighted by Gasteiger charge is 2.37. The van der Waals surface area contributed by atoms with Crippen LogP contribution in [0.2, 0.25) is 0 Å². The number of hydrazone groups is 1. The molecule has 0 rings (SSSR count). The third-order valence-electron chi connectivity index (χ3n) is 3.12. The van der Waals surface area contributed by atoms with E-state index in [-0.39, 0.29) is 5.71 Å². The average Bonchev–Trinajstić information content (AvgIpc) is 2.45. The number of carbonyl (C=O) groups is 2. The summed E-state index contributed by atoms with van der Waals surface area (Å²) >= 11 is 0. The van der Waals surface area contributed by atoms with Gasteiger partial charge in [-0.25, -0.2) is 10.2 Å². The molecule has 0 saturated carbocycles. The zero-order valence-corrected chi connectivity index (χ0v) is 13.0. The zero-order chi connectivity index (χ0) is 16.6. The minimum absolute atomic E-state index is 0.154. The van der Waals surface area contributed by atoms with E-state index >= 15 is 0 Å². The van der Waals surface area contributed by atoms with Crippen LogP contribution >= 0.6 is 0 Å². The molecule has 9 nitrogen and oxygen atoms in total. The summed E-state index contributed by atoms with van der Waals surface area (Å²) in [5, 5.41) is 14.7. The van der Waals surface area contributed by atoms with Gasteiger partial charge in [0.25, 0.3) is 0 Å². The molecule has 0 aliphatic heterocycles. The van der Waals surface area contributed by atoms with Crippen molar-refractivity contribution in [3.05, 3.63) is 10.1 Å². The van der Waals surface area contributed by atoms with Crippen molar-refractivity contribution in [1.29, 1.82) is 0 Å². The van der Waals surface area contributed by atoms with Crippen LogP contribution in [-0.2, 0) is 9.53 Å². The second-order valence-corrected chi connectivity index (χ2v) is 4.37. The molecule has 21 heavy (non-hydrogen) atoms. The number of nitro groups is 1. The normalized spacial score (nSPS) is 14.0. The average molecular weight is 302 g/mol. The largest absolute Gasteiger partial charge is 0.452 e. The van der Waals surface area contributed by atoms with Gasteiger partial charge in [-0.3, -0.25) is 14.9 Å². The Morgan fingerprint density at radius 2 is 1.90 bits per heavy atom. The Balaban J connectivity index is 5.36. The zero-order valence-electron chi connectivity index (χ0n) is 13.0. The SMILES string of the molecule is CCN(CC)C(=O)C(/C(C)=N/NC(=O)OC)C(C)[N+](=O)[O-]. The number of ether oxygens (including phenoxy) is 1. The van der Waals surface area contributed by atoms with Gasteiger partial charge in [-0.2, -0.15) is 5.10 Å². The molecule has 0 fully saturated rings. The standard InChI is InChI=1S/C12H22N4O5/c1-6-15(7-2)11(17)10(9(4)16(19)20)8(3)13-14-12(18)21-5/h9-10H,6-7H2,1-5H3,(H,14,18)/b13-8+. The summed E-state index contributed by atoms with van der Waals surface area (Å²) in [4.78, 5) is 35.4. The second-order valence-electron chi connectivity index (χ2n) is 4.37. The lowest BCUT2D eigenvalue weighted by molar-refractivity contribution is -0.521. The second kappa shape index (κ2) is 8.88.